The number of rotatable bonds is 0. The first-order valence-electron chi connectivity index (χ1n) is 5.81. The molecule has 0 aromatic heterocycles. The molecule has 1 aromatic rings. The van der Waals surface area contributed by atoms with Crippen LogP contribution in [0.15, 0.2) is 18.2 Å². The zero-order valence-electron chi connectivity index (χ0n) is 9.37. The lowest BCUT2D eigenvalue weighted by atomic mass is 10.1. The van der Waals surface area contributed by atoms with E-state index < -0.39 is 0 Å². The summed E-state index contributed by atoms with van der Waals surface area (Å²) in [4.78, 5) is 14.1. The molecule has 0 saturated carbocycles. The molecule has 0 aliphatic carbocycles. The van der Waals surface area contributed by atoms with Crippen LogP contribution in [0.25, 0.3) is 0 Å². The van der Waals surface area contributed by atoms with Gasteiger partial charge >= 0.3 is 0 Å². The molecule has 0 spiro atoms. The molecule has 1 saturated heterocycles. The zero-order valence-corrected chi connectivity index (χ0v) is 10.1. The minimum Gasteiger partial charge on any atom is -0.364 e. The van der Waals surface area contributed by atoms with Crippen molar-refractivity contribution in [2.75, 3.05) is 29.9 Å². The monoisotopic (exact) mass is 251 g/mol. The maximum atomic E-state index is 11.8. The van der Waals surface area contributed by atoms with Crippen LogP contribution in [0.1, 0.15) is 6.42 Å². The highest BCUT2D eigenvalue weighted by Gasteiger charge is 2.30. The Hall–Kier alpha value is -1.26. The van der Waals surface area contributed by atoms with E-state index >= 15 is 0 Å². The van der Waals surface area contributed by atoms with Gasteiger partial charge in [-0.05, 0) is 12.1 Å². The molecule has 2 aliphatic rings. The molecular formula is C12H14ClN3O. The summed E-state index contributed by atoms with van der Waals surface area (Å²) in [6.45, 7) is 2.70. The lowest BCUT2D eigenvalue weighted by molar-refractivity contribution is -0.116. The van der Waals surface area contributed by atoms with Crippen LogP contribution < -0.4 is 15.5 Å². The van der Waals surface area contributed by atoms with Crippen molar-refractivity contribution in [1.82, 2.24) is 5.32 Å². The van der Waals surface area contributed by atoms with Gasteiger partial charge in [-0.1, -0.05) is 17.7 Å². The number of hydrogen-bond donors (Lipinski definition) is 2. The lowest BCUT2D eigenvalue weighted by Gasteiger charge is -2.36. The van der Waals surface area contributed by atoms with Gasteiger partial charge in [-0.25, -0.2) is 0 Å². The maximum Gasteiger partial charge on any atom is 0.226 e. The highest BCUT2D eigenvalue weighted by molar-refractivity contribution is 6.34. The van der Waals surface area contributed by atoms with Gasteiger partial charge in [-0.2, -0.15) is 0 Å². The first-order chi connectivity index (χ1) is 8.25. The van der Waals surface area contributed by atoms with Crippen LogP contribution in [0.3, 0.4) is 0 Å². The number of carbonyl (C=O) groups is 1. The second-order valence-electron chi connectivity index (χ2n) is 4.44. The molecule has 2 N–H and O–H groups in total. The van der Waals surface area contributed by atoms with E-state index in [0.29, 0.717) is 11.4 Å². The molecule has 90 valence electrons. The number of fused-ring (bicyclic) bond motifs is 3. The van der Waals surface area contributed by atoms with E-state index in [-0.39, 0.29) is 11.9 Å². The first-order valence-corrected chi connectivity index (χ1v) is 6.19. The molecule has 0 radical (unpaired) electrons. The third-order valence-corrected chi connectivity index (χ3v) is 3.65. The number of halogens is 1. The standard InChI is InChI=1S/C12H14ClN3O/c13-9-2-1-3-10-12(9)15-11(17)6-8-7-14-4-5-16(8)10/h1-3,8,14H,4-7H2,(H,15,17)/t8-/m0/s1. The topological polar surface area (TPSA) is 44.4 Å². The molecule has 2 heterocycles. The molecule has 2 aliphatic heterocycles. The van der Waals surface area contributed by atoms with Gasteiger partial charge in [-0.3, -0.25) is 4.79 Å². The van der Waals surface area contributed by atoms with Gasteiger partial charge in [0.05, 0.1) is 22.4 Å². The van der Waals surface area contributed by atoms with E-state index in [4.69, 9.17) is 11.6 Å². The summed E-state index contributed by atoms with van der Waals surface area (Å²) in [7, 11) is 0. The predicted molar refractivity (Wildman–Crippen MR) is 68.7 cm³/mol. The number of carbonyl (C=O) groups excluding carboxylic acids is 1. The van der Waals surface area contributed by atoms with Gasteiger partial charge in [0.2, 0.25) is 5.91 Å². The Kier molecular flexibility index (Phi) is 2.68. The largest absolute Gasteiger partial charge is 0.364 e. The Labute approximate surface area is 105 Å². The summed E-state index contributed by atoms with van der Waals surface area (Å²) in [5, 5.41) is 6.84. The number of hydrogen-bond acceptors (Lipinski definition) is 3. The number of amides is 1. The second-order valence-corrected chi connectivity index (χ2v) is 4.84. The predicted octanol–water partition coefficient (Wildman–Crippen LogP) is 1.46. The smallest absolute Gasteiger partial charge is 0.226 e. The number of nitrogens with one attached hydrogen (secondary N) is 2. The van der Waals surface area contributed by atoms with Gasteiger partial charge in [0.25, 0.3) is 0 Å². The fourth-order valence-corrected chi connectivity index (χ4v) is 2.76. The number of para-hydroxylation sites is 1. The summed E-state index contributed by atoms with van der Waals surface area (Å²) in [6, 6.07) is 5.98. The summed E-state index contributed by atoms with van der Waals surface area (Å²) >= 11 is 6.15. The van der Waals surface area contributed by atoms with Gasteiger partial charge in [0, 0.05) is 26.1 Å². The fraction of sp³-hybridized carbons (Fsp3) is 0.417. The van der Waals surface area contributed by atoms with Crippen LogP contribution in [-0.2, 0) is 4.79 Å². The van der Waals surface area contributed by atoms with E-state index in [9.17, 15) is 4.79 Å². The maximum absolute atomic E-state index is 11.8. The van der Waals surface area contributed by atoms with Crippen LogP contribution in [0.2, 0.25) is 5.02 Å². The third kappa shape index (κ3) is 1.87. The SMILES string of the molecule is O=C1C[C@H]2CNCCN2c2cccc(Cl)c2N1. The van der Waals surface area contributed by atoms with Crippen molar-refractivity contribution in [3.63, 3.8) is 0 Å². The molecule has 17 heavy (non-hydrogen) atoms. The van der Waals surface area contributed by atoms with Crippen molar-refractivity contribution in [2.45, 2.75) is 12.5 Å². The molecule has 4 nitrogen and oxygen atoms in total. The molecule has 1 fully saturated rings. The first kappa shape index (κ1) is 10.9. The van der Waals surface area contributed by atoms with Crippen molar-refractivity contribution in [3.8, 4) is 0 Å². The summed E-state index contributed by atoms with van der Waals surface area (Å²) in [5.41, 5.74) is 1.79. The molecule has 0 bridgehead atoms. The summed E-state index contributed by atoms with van der Waals surface area (Å²) in [5.74, 6) is 0.0375. The van der Waals surface area contributed by atoms with Crippen LogP contribution in [-0.4, -0.2) is 31.6 Å². The van der Waals surface area contributed by atoms with Gasteiger partial charge in [-0.15, -0.1) is 0 Å². The molecule has 1 amide bonds. The number of anilines is 2. The summed E-state index contributed by atoms with van der Waals surface area (Å²) < 4.78 is 0. The van der Waals surface area contributed by atoms with Crippen LogP contribution in [0.5, 0.6) is 0 Å². The highest BCUT2D eigenvalue weighted by atomic mass is 35.5. The Morgan fingerprint density at radius 1 is 1.41 bits per heavy atom. The van der Waals surface area contributed by atoms with Crippen LogP contribution in [0.4, 0.5) is 11.4 Å². The van der Waals surface area contributed by atoms with Crippen molar-refractivity contribution in [3.05, 3.63) is 23.2 Å². The van der Waals surface area contributed by atoms with Gasteiger partial charge < -0.3 is 15.5 Å². The van der Waals surface area contributed by atoms with Crippen molar-refractivity contribution in [1.29, 1.82) is 0 Å². The average molecular weight is 252 g/mol. The van der Waals surface area contributed by atoms with Gasteiger partial charge in [0.15, 0.2) is 0 Å². The Bertz CT molecular complexity index is 463. The zero-order chi connectivity index (χ0) is 11.8. The molecule has 0 unspecified atom stereocenters. The van der Waals surface area contributed by atoms with E-state index in [1.807, 2.05) is 18.2 Å². The Morgan fingerprint density at radius 3 is 3.18 bits per heavy atom. The van der Waals surface area contributed by atoms with Crippen LogP contribution in [0, 0.1) is 0 Å². The van der Waals surface area contributed by atoms with E-state index in [2.05, 4.69) is 15.5 Å². The molecule has 1 atom stereocenters. The Balaban J connectivity index is 2.09. The third-order valence-electron chi connectivity index (χ3n) is 3.34. The Morgan fingerprint density at radius 2 is 2.29 bits per heavy atom. The van der Waals surface area contributed by atoms with Crippen molar-refractivity contribution < 1.29 is 4.79 Å². The van der Waals surface area contributed by atoms with Crippen molar-refractivity contribution >= 4 is 28.9 Å². The highest BCUT2D eigenvalue weighted by Crippen LogP contribution is 2.36. The molecule has 3 rings (SSSR count). The normalized spacial score (nSPS) is 23.5. The number of nitrogens with zero attached hydrogens (tertiary/aromatic N) is 1. The number of benzene rings is 1. The van der Waals surface area contributed by atoms with E-state index in [0.717, 1.165) is 31.0 Å². The molecule has 1 aromatic carbocycles. The van der Waals surface area contributed by atoms with E-state index in [1.54, 1.807) is 0 Å². The summed E-state index contributed by atoms with van der Waals surface area (Å²) in [6.07, 6.45) is 0.512. The fourth-order valence-electron chi connectivity index (χ4n) is 2.54. The van der Waals surface area contributed by atoms with E-state index in [1.165, 1.54) is 0 Å². The quantitative estimate of drug-likeness (QED) is 0.734. The minimum atomic E-state index is 0.0375. The lowest BCUT2D eigenvalue weighted by Crippen LogP contribution is -2.51. The number of piperazine rings is 1. The van der Waals surface area contributed by atoms with Gasteiger partial charge in [0.1, 0.15) is 0 Å². The van der Waals surface area contributed by atoms with Crippen molar-refractivity contribution in [2.24, 2.45) is 0 Å². The average Bonchev–Trinajstić information content (AvgIpc) is 2.46. The molecular weight excluding hydrogens is 238 g/mol. The molecule has 5 heteroatoms. The second kappa shape index (κ2) is 4.20. The van der Waals surface area contributed by atoms with Crippen LogP contribution >= 0.6 is 11.6 Å². The minimum absolute atomic E-state index is 0.0375.